The molecule has 1 aliphatic rings. The summed E-state index contributed by atoms with van der Waals surface area (Å²) in [5.74, 6) is -0.0956. The molecular formula is C19H22N2O2PPr-. The van der Waals surface area contributed by atoms with Crippen LogP contribution in [0, 0.1) is 47.8 Å². The molecule has 1 saturated heterocycles. The van der Waals surface area contributed by atoms with Crippen molar-refractivity contribution < 1.29 is 50.7 Å². The van der Waals surface area contributed by atoms with Crippen LogP contribution >= 0.6 is 7.29 Å². The molecule has 1 heterocycles. The third-order valence-electron chi connectivity index (χ3n) is 4.28. The summed E-state index contributed by atoms with van der Waals surface area (Å²) < 4.78 is 13.7. The molecule has 0 aliphatic carbocycles. The van der Waals surface area contributed by atoms with Gasteiger partial charge in [-0.25, -0.2) is 6.54 Å². The van der Waals surface area contributed by atoms with Gasteiger partial charge in [0, 0.05) is 65.0 Å². The molecule has 25 heavy (non-hydrogen) atoms. The van der Waals surface area contributed by atoms with Crippen LogP contribution in [0.1, 0.15) is 19.3 Å². The van der Waals surface area contributed by atoms with E-state index in [-0.39, 0.29) is 47.2 Å². The van der Waals surface area contributed by atoms with E-state index in [2.05, 4.69) is 5.09 Å². The van der Waals surface area contributed by atoms with Crippen LogP contribution in [0.5, 0.6) is 0 Å². The molecule has 6 heteroatoms. The third kappa shape index (κ3) is 5.17. The van der Waals surface area contributed by atoms with E-state index in [1.165, 1.54) is 13.0 Å². The Morgan fingerprint density at radius 2 is 1.36 bits per heavy atom. The van der Waals surface area contributed by atoms with Crippen molar-refractivity contribution >= 4 is 23.8 Å². The molecule has 1 radical (unpaired) electrons. The van der Waals surface area contributed by atoms with Crippen LogP contribution in [0.25, 0.3) is 0 Å². The van der Waals surface area contributed by atoms with E-state index < -0.39 is 7.29 Å². The zero-order chi connectivity index (χ0) is 16.8. The van der Waals surface area contributed by atoms with Crippen molar-refractivity contribution in [3.63, 3.8) is 0 Å². The van der Waals surface area contributed by atoms with Crippen molar-refractivity contribution in [2.45, 2.75) is 19.3 Å². The fraction of sp³-hybridized carbons (Fsp3) is 0.263. The molecule has 1 fully saturated rings. The van der Waals surface area contributed by atoms with Crippen molar-refractivity contribution in [2.24, 2.45) is 0 Å². The first-order chi connectivity index (χ1) is 11.7. The van der Waals surface area contributed by atoms with Gasteiger partial charge in [-0.15, -0.1) is 0 Å². The van der Waals surface area contributed by atoms with E-state index in [9.17, 15) is 9.36 Å². The second-order valence-electron chi connectivity index (χ2n) is 5.94. The molecule has 1 aliphatic heterocycles. The van der Waals surface area contributed by atoms with E-state index in [1.807, 2.05) is 65.6 Å². The molecule has 0 saturated carbocycles. The molecule has 0 spiro atoms. The fourth-order valence-electron chi connectivity index (χ4n) is 2.93. The van der Waals surface area contributed by atoms with Crippen LogP contribution in [0.2, 0.25) is 0 Å². The maximum absolute atomic E-state index is 13.7. The van der Waals surface area contributed by atoms with Crippen LogP contribution in [0.15, 0.2) is 60.7 Å². The van der Waals surface area contributed by atoms with Gasteiger partial charge in [-0.1, -0.05) is 36.4 Å². The van der Waals surface area contributed by atoms with Crippen LogP contribution in [-0.4, -0.2) is 23.9 Å². The number of amides is 1. The first kappa shape index (κ1) is 20.6. The average molecular weight is 482 g/mol. The second kappa shape index (κ2) is 9.87. The number of hydrogen-bond donors (Lipinski definition) is 1. The van der Waals surface area contributed by atoms with Crippen molar-refractivity contribution in [1.82, 2.24) is 9.99 Å². The van der Waals surface area contributed by atoms with Gasteiger partial charge in [-0.05, 0) is 43.5 Å². The van der Waals surface area contributed by atoms with E-state index in [4.69, 9.17) is 0 Å². The fourth-order valence-corrected chi connectivity index (χ4v) is 5.00. The van der Waals surface area contributed by atoms with Gasteiger partial charge in [0.15, 0.2) is 7.29 Å². The number of rotatable bonds is 5. The van der Waals surface area contributed by atoms with E-state index in [1.54, 1.807) is 0 Å². The number of carbonyl (C=O) groups is 1. The number of hydrogen-bond acceptors (Lipinski definition) is 2. The normalized spacial score (nSPS) is 14.5. The van der Waals surface area contributed by atoms with Gasteiger partial charge in [-0.3, -0.25) is 4.57 Å². The molecule has 1 N–H and O–H groups in total. The van der Waals surface area contributed by atoms with Gasteiger partial charge in [0.25, 0.3) is 0 Å². The summed E-state index contributed by atoms with van der Waals surface area (Å²) in [4.78, 5) is 14.2. The molecule has 0 unspecified atom stereocenters. The minimum Gasteiger partial charge on any atom is -0.388 e. The Morgan fingerprint density at radius 1 is 0.880 bits per heavy atom. The number of nitrogens with zero attached hydrogens (tertiary/aromatic N) is 1. The second-order valence-corrected chi connectivity index (χ2v) is 8.45. The van der Waals surface area contributed by atoms with Crippen LogP contribution < -0.4 is 15.7 Å². The van der Waals surface area contributed by atoms with Crippen LogP contribution in [0.4, 0.5) is 0 Å². The summed E-state index contributed by atoms with van der Waals surface area (Å²) in [6, 6.07) is 18.6. The molecule has 2 aromatic rings. The molecule has 3 rings (SSSR count). The van der Waals surface area contributed by atoms with Gasteiger partial charge in [0.05, 0.1) is 5.91 Å². The zero-order valence-electron chi connectivity index (χ0n) is 14.2. The molecule has 2 aromatic carbocycles. The van der Waals surface area contributed by atoms with Gasteiger partial charge in [-0.2, -0.15) is 0 Å². The summed E-state index contributed by atoms with van der Waals surface area (Å²) >= 11 is 0. The van der Waals surface area contributed by atoms with Crippen LogP contribution in [-0.2, 0) is 9.36 Å². The summed E-state index contributed by atoms with van der Waals surface area (Å²) in [5.41, 5.74) is 0. The molecular weight excluding hydrogens is 460 g/mol. The van der Waals surface area contributed by atoms with E-state index in [0.29, 0.717) is 10.6 Å². The number of benzene rings is 2. The maximum Gasteiger partial charge on any atom is 0.179 e. The monoisotopic (exact) mass is 482 g/mol. The third-order valence-corrected chi connectivity index (χ3v) is 6.82. The Balaban J connectivity index is 0.00000225. The molecule has 1 amide bonds. The number of piperidine rings is 1. The van der Waals surface area contributed by atoms with Crippen molar-refractivity contribution in [1.29, 1.82) is 0 Å². The Hall–Kier alpha value is -0.666. The molecule has 0 atom stereocenters. The topological polar surface area (TPSA) is 49.4 Å². The quantitative estimate of drug-likeness (QED) is 0.527. The summed E-state index contributed by atoms with van der Waals surface area (Å²) in [5, 5.41) is 4.35. The number of carbonyl (C=O) groups excluding carboxylic acids is 1. The van der Waals surface area contributed by atoms with Gasteiger partial charge < -0.3 is 14.8 Å². The summed E-state index contributed by atoms with van der Waals surface area (Å²) in [6.45, 7) is 2.93. The SMILES string of the molecule is O=C([CH-]NP(=O)(c1ccccc1)c1ccccc1)N1CCCCC1.[Pr]. The first-order valence-electron chi connectivity index (χ1n) is 8.31. The van der Waals surface area contributed by atoms with E-state index >= 15 is 0 Å². The van der Waals surface area contributed by atoms with Crippen molar-refractivity contribution in [3.8, 4) is 0 Å². The van der Waals surface area contributed by atoms with Crippen molar-refractivity contribution in [3.05, 3.63) is 67.2 Å². The van der Waals surface area contributed by atoms with Gasteiger partial charge in [0.1, 0.15) is 0 Å². The Bertz CT molecular complexity index is 675. The molecule has 0 bridgehead atoms. The zero-order valence-corrected chi connectivity index (χ0v) is 18.8. The minimum atomic E-state index is -3.08. The van der Waals surface area contributed by atoms with Gasteiger partial charge >= 0.3 is 0 Å². The Kier molecular flexibility index (Phi) is 8.15. The average Bonchev–Trinajstić information content (AvgIpc) is 2.68. The van der Waals surface area contributed by atoms with Gasteiger partial charge in [0.2, 0.25) is 0 Å². The summed E-state index contributed by atoms with van der Waals surface area (Å²) in [7, 11) is -3.08. The minimum absolute atomic E-state index is 0. The first-order valence-corrected chi connectivity index (χ1v) is 10.0. The number of likely N-dealkylation sites (tertiary alicyclic amines) is 1. The predicted octanol–water partition coefficient (Wildman–Crippen LogP) is 2.68. The predicted molar refractivity (Wildman–Crippen MR) is 97.6 cm³/mol. The largest absolute Gasteiger partial charge is 0.388 e. The standard InChI is InChI=1S/C19H22N2O2P.Pr/c22-19(21-14-8-3-9-15-21)16-20-24(23,17-10-4-1-5-11-17)18-12-6-2-7-13-18;/h1-2,4-7,10-13,16H,3,8-9,14-15H2,(H,20,23);/q-1;. The Labute approximate surface area is 182 Å². The molecule has 0 aromatic heterocycles. The number of nitrogens with one attached hydrogen (secondary N) is 1. The van der Waals surface area contributed by atoms with Crippen LogP contribution in [0.3, 0.4) is 0 Å². The summed E-state index contributed by atoms with van der Waals surface area (Å²) in [6.07, 6.45) is 3.24. The smallest absolute Gasteiger partial charge is 0.179 e. The maximum atomic E-state index is 13.7. The Morgan fingerprint density at radius 3 is 1.84 bits per heavy atom. The van der Waals surface area contributed by atoms with E-state index in [0.717, 1.165) is 25.9 Å². The van der Waals surface area contributed by atoms with Crippen molar-refractivity contribution in [2.75, 3.05) is 13.1 Å². The molecule has 4 nitrogen and oxygen atoms in total. The molecule has 129 valence electrons.